The van der Waals surface area contributed by atoms with E-state index in [-0.39, 0.29) is 29.1 Å². The summed E-state index contributed by atoms with van der Waals surface area (Å²) >= 11 is 2.61. The van der Waals surface area contributed by atoms with Crippen LogP contribution in [-0.4, -0.2) is 28.3 Å². The fraction of sp³-hybridized carbons (Fsp3) is 0.167. The van der Waals surface area contributed by atoms with Crippen molar-refractivity contribution in [2.45, 2.75) is 6.92 Å². The molecule has 2 aromatic carbocycles. The minimum absolute atomic E-state index is 0.129. The highest BCUT2D eigenvalue weighted by atomic mass is 32.2. The number of halogens is 1. The number of aromatic nitrogens is 1. The van der Waals surface area contributed by atoms with Gasteiger partial charge in [-0.2, -0.15) is 0 Å². The van der Waals surface area contributed by atoms with Crippen molar-refractivity contribution >= 4 is 55.9 Å². The van der Waals surface area contributed by atoms with Gasteiger partial charge in [-0.15, -0.1) is 11.8 Å². The summed E-state index contributed by atoms with van der Waals surface area (Å²) in [5.74, 6) is -0.542. The lowest BCUT2D eigenvalue weighted by Crippen LogP contribution is -2.18. The van der Waals surface area contributed by atoms with E-state index in [4.69, 9.17) is 0 Å². The van der Waals surface area contributed by atoms with Gasteiger partial charge in [-0.3, -0.25) is 9.59 Å². The first-order valence-corrected chi connectivity index (χ1v) is 9.77. The Balaban J connectivity index is 1.44. The zero-order chi connectivity index (χ0) is 18.5. The Morgan fingerprint density at radius 3 is 2.50 bits per heavy atom. The first-order valence-electron chi connectivity index (χ1n) is 7.80. The molecule has 0 saturated carbocycles. The van der Waals surface area contributed by atoms with E-state index in [9.17, 15) is 14.0 Å². The van der Waals surface area contributed by atoms with Gasteiger partial charge in [0.1, 0.15) is 5.82 Å². The third-order valence-electron chi connectivity index (χ3n) is 3.38. The van der Waals surface area contributed by atoms with Crippen molar-refractivity contribution in [1.82, 2.24) is 4.98 Å². The number of thioether (sulfide) groups is 1. The Kier molecular flexibility index (Phi) is 5.85. The maximum Gasteiger partial charge on any atom is 0.236 e. The number of hydrogen-bond acceptors (Lipinski definition) is 5. The number of amides is 2. The average Bonchev–Trinajstić information content (AvgIpc) is 2.98. The van der Waals surface area contributed by atoms with Crippen molar-refractivity contribution in [2.24, 2.45) is 0 Å². The van der Waals surface area contributed by atoms with Crippen molar-refractivity contribution in [1.29, 1.82) is 0 Å². The highest BCUT2D eigenvalue weighted by Gasteiger charge is 2.10. The Morgan fingerprint density at radius 2 is 1.77 bits per heavy atom. The lowest BCUT2D eigenvalue weighted by atomic mass is 10.2. The van der Waals surface area contributed by atoms with Crippen molar-refractivity contribution in [3.63, 3.8) is 0 Å². The fourth-order valence-electron chi connectivity index (χ4n) is 2.21. The van der Waals surface area contributed by atoms with Gasteiger partial charge in [0, 0.05) is 5.69 Å². The highest BCUT2D eigenvalue weighted by molar-refractivity contribution is 8.00. The van der Waals surface area contributed by atoms with Crippen molar-refractivity contribution in [3.8, 4) is 0 Å². The van der Waals surface area contributed by atoms with Gasteiger partial charge < -0.3 is 10.6 Å². The number of thiazole rings is 1. The van der Waals surface area contributed by atoms with Crippen LogP contribution in [0.25, 0.3) is 10.2 Å². The molecule has 0 spiro atoms. The van der Waals surface area contributed by atoms with Crippen LogP contribution in [0.4, 0.5) is 15.2 Å². The molecule has 2 N–H and O–H groups in total. The third kappa shape index (κ3) is 5.03. The number of benzene rings is 2. The fourth-order valence-corrected chi connectivity index (χ4v) is 3.69. The van der Waals surface area contributed by atoms with Crippen LogP contribution in [0, 0.1) is 12.7 Å². The molecule has 134 valence electrons. The number of fused-ring (bicyclic) bond motifs is 1. The maximum absolute atomic E-state index is 12.8. The monoisotopic (exact) mass is 389 g/mol. The van der Waals surface area contributed by atoms with E-state index in [1.165, 1.54) is 47.4 Å². The second-order valence-corrected chi connectivity index (χ2v) is 7.60. The van der Waals surface area contributed by atoms with Gasteiger partial charge in [0.15, 0.2) is 5.13 Å². The lowest BCUT2D eigenvalue weighted by Gasteiger charge is -2.05. The molecular weight excluding hydrogens is 373 g/mol. The van der Waals surface area contributed by atoms with E-state index in [2.05, 4.69) is 15.6 Å². The quantitative estimate of drug-likeness (QED) is 0.667. The van der Waals surface area contributed by atoms with Crippen LogP contribution in [0.15, 0.2) is 42.5 Å². The van der Waals surface area contributed by atoms with Gasteiger partial charge in [-0.25, -0.2) is 9.37 Å². The molecule has 8 heteroatoms. The second-order valence-electron chi connectivity index (χ2n) is 5.59. The number of carbonyl (C=O) groups is 2. The summed E-state index contributed by atoms with van der Waals surface area (Å²) in [4.78, 5) is 28.2. The van der Waals surface area contributed by atoms with E-state index in [1.54, 1.807) is 0 Å². The molecular formula is C18H16FN3O2S2. The molecule has 3 rings (SSSR count). The summed E-state index contributed by atoms with van der Waals surface area (Å²) in [6.07, 6.45) is 0. The number of carbonyl (C=O) groups excluding carboxylic acids is 2. The van der Waals surface area contributed by atoms with Gasteiger partial charge in [-0.05, 0) is 48.9 Å². The van der Waals surface area contributed by atoms with Gasteiger partial charge >= 0.3 is 0 Å². The summed E-state index contributed by atoms with van der Waals surface area (Å²) in [5, 5.41) is 5.95. The number of rotatable bonds is 6. The zero-order valence-electron chi connectivity index (χ0n) is 13.9. The predicted octanol–water partition coefficient (Wildman–Crippen LogP) is 4.05. The summed E-state index contributed by atoms with van der Waals surface area (Å²) in [5.41, 5.74) is 2.49. The van der Waals surface area contributed by atoms with Crippen LogP contribution >= 0.6 is 23.1 Å². The van der Waals surface area contributed by atoms with E-state index in [0.717, 1.165) is 15.8 Å². The molecule has 26 heavy (non-hydrogen) atoms. The second kappa shape index (κ2) is 8.29. The smallest absolute Gasteiger partial charge is 0.236 e. The number of nitrogens with one attached hydrogen (secondary N) is 2. The number of hydrogen-bond donors (Lipinski definition) is 2. The van der Waals surface area contributed by atoms with Crippen molar-refractivity contribution < 1.29 is 14.0 Å². The molecule has 1 heterocycles. The first kappa shape index (κ1) is 18.3. The predicted molar refractivity (Wildman–Crippen MR) is 105 cm³/mol. The summed E-state index contributed by atoms with van der Waals surface area (Å²) < 4.78 is 13.8. The zero-order valence-corrected chi connectivity index (χ0v) is 15.5. The molecule has 0 aliphatic rings. The molecule has 0 aliphatic carbocycles. The molecule has 0 bridgehead atoms. The van der Waals surface area contributed by atoms with Crippen LogP contribution < -0.4 is 10.6 Å². The Bertz CT molecular complexity index is 941. The van der Waals surface area contributed by atoms with Gasteiger partial charge in [-0.1, -0.05) is 17.4 Å². The third-order valence-corrected chi connectivity index (χ3v) is 5.27. The Morgan fingerprint density at radius 1 is 1.08 bits per heavy atom. The van der Waals surface area contributed by atoms with E-state index < -0.39 is 0 Å². The topological polar surface area (TPSA) is 71.1 Å². The van der Waals surface area contributed by atoms with Crippen LogP contribution in [0.1, 0.15) is 5.56 Å². The van der Waals surface area contributed by atoms with E-state index >= 15 is 0 Å². The van der Waals surface area contributed by atoms with E-state index in [0.29, 0.717) is 10.8 Å². The van der Waals surface area contributed by atoms with Crippen LogP contribution in [0.2, 0.25) is 0 Å². The minimum Gasteiger partial charge on any atom is -0.325 e. The summed E-state index contributed by atoms with van der Waals surface area (Å²) in [7, 11) is 0. The highest BCUT2D eigenvalue weighted by Crippen LogP contribution is 2.26. The van der Waals surface area contributed by atoms with Crippen LogP contribution in [0.5, 0.6) is 0 Å². The molecule has 2 amide bonds. The molecule has 0 aliphatic heterocycles. The van der Waals surface area contributed by atoms with Gasteiger partial charge in [0.05, 0.1) is 21.7 Å². The molecule has 3 aromatic rings. The molecule has 0 atom stereocenters. The van der Waals surface area contributed by atoms with Crippen LogP contribution in [-0.2, 0) is 9.59 Å². The normalized spacial score (nSPS) is 10.7. The average molecular weight is 389 g/mol. The SMILES string of the molecule is Cc1ccc2sc(NC(=O)CSCC(=O)Nc3ccc(F)cc3)nc2c1. The Labute approximate surface area is 158 Å². The molecule has 1 aromatic heterocycles. The van der Waals surface area contributed by atoms with Crippen molar-refractivity contribution in [2.75, 3.05) is 22.1 Å². The number of nitrogens with zero attached hydrogens (tertiary/aromatic N) is 1. The molecule has 0 unspecified atom stereocenters. The standard InChI is InChI=1S/C18H16FN3O2S2/c1-11-2-7-15-14(8-11)21-18(26-15)22-17(24)10-25-9-16(23)20-13-5-3-12(19)4-6-13/h2-8H,9-10H2,1H3,(H,20,23)(H,21,22,24). The summed E-state index contributed by atoms with van der Waals surface area (Å²) in [6.45, 7) is 1.99. The maximum atomic E-state index is 12.8. The minimum atomic E-state index is -0.362. The molecule has 0 saturated heterocycles. The van der Waals surface area contributed by atoms with E-state index in [1.807, 2.05) is 25.1 Å². The molecule has 0 radical (unpaired) electrons. The van der Waals surface area contributed by atoms with Gasteiger partial charge in [0.2, 0.25) is 11.8 Å². The molecule has 0 fully saturated rings. The largest absolute Gasteiger partial charge is 0.325 e. The van der Waals surface area contributed by atoms with Gasteiger partial charge in [0.25, 0.3) is 0 Å². The lowest BCUT2D eigenvalue weighted by molar-refractivity contribution is -0.114. The Hall–Kier alpha value is -2.45. The van der Waals surface area contributed by atoms with Crippen LogP contribution in [0.3, 0.4) is 0 Å². The summed E-state index contributed by atoms with van der Waals surface area (Å²) in [6, 6.07) is 11.5. The molecule has 5 nitrogen and oxygen atoms in total. The number of aryl methyl sites for hydroxylation is 1. The first-order chi connectivity index (χ1) is 12.5. The number of anilines is 2. The van der Waals surface area contributed by atoms with Crippen molar-refractivity contribution in [3.05, 3.63) is 53.8 Å².